The molecule has 18 heavy (non-hydrogen) atoms. The minimum Gasteiger partial charge on any atom is -0.310 e. The number of aromatic nitrogens is 2. The molecular weight excluding hydrogens is 222 g/mol. The smallest absolute Gasteiger partial charge is 0.131 e. The fourth-order valence-corrected chi connectivity index (χ4v) is 2.87. The van der Waals surface area contributed by atoms with Crippen LogP contribution in [0.5, 0.6) is 0 Å². The zero-order chi connectivity index (χ0) is 13.0. The molecule has 3 heteroatoms. The van der Waals surface area contributed by atoms with Gasteiger partial charge in [-0.15, -0.1) is 0 Å². The summed E-state index contributed by atoms with van der Waals surface area (Å²) < 4.78 is 0. The van der Waals surface area contributed by atoms with Gasteiger partial charge in [0.15, 0.2) is 0 Å². The molecule has 3 nitrogen and oxygen atoms in total. The third-order valence-electron chi connectivity index (χ3n) is 4.00. The van der Waals surface area contributed by atoms with Crippen LogP contribution in [-0.2, 0) is 6.42 Å². The summed E-state index contributed by atoms with van der Waals surface area (Å²) in [5.41, 5.74) is 2.61. The maximum atomic E-state index is 4.84. The number of hydrogen-bond acceptors (Lipinski definition) is 3. The topological polar surface area (TPSA) is 37.8 Å². The molecule has 1 aliphatic rings. The molecule has 0 bridgehead atoms. The molecule has 0 saturated heterocycles. The summed E-state index contributed by atoms with van der Waals surface area (Å²) in [6.45, 7) is 7.61. The average molecular weight is 247 g/mol. The van der Waals surface area contributed by atoms with Crippen LogP contribution in [0.2, 0.25) is 0 Å². The molecule has 0 fully saturated rings. The van der Waals surface area contributed by atoms with Crippen LogP contribution in [0.4, 0.5) is 0 Å². The quantitative estimate of drug-likeness (QED) is 0.867. The van der Waals surface area contributed by atoms with Gasteiger partial charge in [-0.2, -0.15) is 0 Å². The van der Waals surface area contributed by atoms with Crippen molar-refractivity contribution in [3.05, 3.63) is 23.3 Å². The maximum absolute atomic E-state index is 4.84. The lowest BCUT2D eigenvalue weighted by Gasteiger charge is -2.26. The van der Waals surface area contributed by atoms with Crippen molar-refractivity contribution in [3.63, 3.8) is 0 Å². The summed E-state index contributed by atoms with van der Waals surface area (Å²) >= 11 is 0. The maximum Gasteiger partial charge on any atom is 0.131 e. The van der Waals surface area contributed by atoms with Crippen LogP contribution in [-0.4, -0.2) is 16.5 Å². The Morgan fingerprint density at radius 3 is 2.78 bits per heavy atom. The molecule has 1 aromatic heterocycles. The van der Waals surface area contributed by atoms with E-state index in [2.05, 4.69) is 37.3 Å². The van der Waals surface area contributed by atoms with Crippen molar-refractivity contribution in [1.29, 1.82) is 0 Å². The normalized spacial score (nSPS) is 19.0. The standard InChI is InChI=1S/C15H25N3/c1-4-11(5-2)15-17-10-12-13(16-6-3)8-7-9-14(12)18-15/h10-11,13,16H,4-9H2,1-3H3. The van der Waals surface area contributed by atoms with Gasteiger partial charge in [-0.25, -0.2) is 9.97 Å². The Hall–Kier alpha value is -0.960. The molecule has 1 N–H and O–H groups in total. The molecule has 1 aromatic rings. The Labute approximate surface area is 110 Å². The van der Waals surface area contributed by atoms with Crippen LogP contribution in [0, 0.1) is 0 Å². The number of hydrogen-bond donors (Lipinski definition) is 1. The SMILES string of the molecule is CCNC1CCCc2nc(C(CC)CC)ncc21. The third-order valence-corrected chi connectivity index (χ3v) is 4.00. The largest absolute Gasteiger partial charge is 0.310 e. The van der Waals surface area contributed by atoms with Crippen molar-refractivity contribution in [2.45, 2.75) is 64.8 Å². The highest BCUT2D eigenvalue weighted by atomic mass is 14.9. The lowest BCUT2D eigenvalue weighted by molar-refractivity contribution is 0.459. The molecule has 0 saturated carbocycles. The van der Waals surface area contributed by atoms with Crippen molar-refractivity contribution in [2.75, 3.05) is 6.54 Å². The fraction of sp³-hybridized carbons (Fsp3) is 0.733. The first-order chi connectivity index (χ1) is 8.80. The third kappa shape index (κ3) is 2.72. The van der Waals surface area contributed by atoms with Crippen molar-refractivity contribution < 1.29 is 0 Å². The number of rotatable bonds is 5. The summed E-state index contributed by atoms with van der Waals surface area (Å²) in [5, 5.41) is 3.54. The van der Waals surface area contributed by atoms with E-state index in [1.54, 1.807) is 0 Å². The number of nitrogens with zero attached hydrogens (tertiary/aromatic N) is 2. The summed E-state index contributed by atoms with van der Waals surface area (Å²) in [6.07, 6.45) is 7.91. The minimum atomic E-state index is 0.467. The summed E-state index contributed by atoms with van der Waals surface area (Å²) in [5.74, 6) is 1.57. The predicted molar refractivity (Wildman–Crippen MR) is 74.7 cm³/mol. The van der Waals surface area contributed by atoms with Gasteiger partial charge in [0.05, 0.1) is 0 Å². The Kier molecular flexibility index (Phi) is 4.70. The molecular formula is C15H25N3. The molecule has 1 atom stereocenters. The van der Waals surface area contributed by atoms with E-state index < -0.39 is 0 Å². The first kappa shape index (κ1) is 13.5. The molecule has 100 valence electrons. The predicted octanol–water partition coefficient (Wildman–Crippen LogP) is 3.37. The molecule has 1 unspecified atom stereocenters. The first-order valence-electron chi connectivity index (χ1n) is 7.39. The molecule has 0 aliphatic heterocycles. The second-order valence-corrected chi connectivity index (χ2v) is 5.15. The van der Waals surface area contributed by atoms with Gasteiger partial charge in [0.25, 0.3) is 0 Å². The van der Waals surface area contributed by atoms with E-state index in [0.717, 1.165) is 31.6 Å². The zero-order valence-corrected chi connectivity index (χ0v) is 11.9. The average Bonchev–Trinajstić information content (AvgIpc) is 2.40. The summed E-state index contributed by atoms with van der Waals surface area (Å²) in [6, 6.07) is 0.467. The Bertz CT molecular complexity index is 385. The van der Waals surface area contributed by atoms with Crippen molar-refractivity contribution >= 4 is 0 Å². The van der Waals surface area contributed by atoms with Crippen molar-refractivity contribution in [2.24, 2.45) is 0 Å². The first-order valence-corrected chi connectivity index (χ1v) is 7.39. The van der Waals surface area contributed by atoms with Crippen molar-refractivity contribution in [3.8, 4) is 0 Å². The van der Waals surface area contributed by atoms with E-state index >= 15 is 0 Å². The van der Waals surface area contributed by atoms with Gasteiger partial charge in [0, 0.05) is 29.4 Å². The van der Waals surface area contributed by atoms with Gasteiger partial charge in [0.1, 0.15) is 5.82 Å². The molecule has 2 rings (SSSR count). The lowest BCUT2D eigenvalue weighted by Crippen LogP contribution is -2.26. The number of nitrogens with one attached hydrogen (secondary N) is 1. The van der Waals surface area contributed by atoms with E-state index in [9.17, 15) is 0 Å². The summed E-state index contributed by atoms with van der Waals surface area (Å²) in [4.78, 5) is 9.45. The highest BCUT2D eigenvalue weighted by molar-refractivity contribution is 5.25. The zero-order valence-electron chi connectivity index (χ0n) is 11.9. The Morgan fingerprint density at radius 1 is 1.33 bits per heavy atom. The molecule has 0 amide bonds. The van der Waals surface area contributed by atoms with E-state index in [1.165, 1.54) is 24.1 Å². The highest BCUT2D eigenvalue weighted by Crippen LogP contribution is 2.29. The van der Waals surface area contributed by atoms with E-state index in [0.29, 0.717) is 12.0 Å². The second kappa shape index (κ2) is 6.28. The van der Waals surface area contributed by atoms with Crippen LogP contribution in [0.15, 0.2) is 6.20 Å². The van der Waals surface area contributed by atoms with Crippen LogP contribution >= 0.6 is 0 Å². The van der Waals surface area contributed by atoms with Crippen molar-refractivity contribution in [1.82, 2.24) is 15.3 Å². The van der Waals surface area contributed by atoms with Gasteiger partial charge < -0.3 is 5.32 Å². The van der Waals surface area contributed by atoms with Crippen LogP contribution in [0.3, 0.4) is 0 Å². The van der Waals surface area contributed by atoms with Gasteiger partial charge in [0.2, 0.25) is 0 Å². The molecule has 0 radical (unpaired) electrons. The molecule has 0 aromatic carbocycles. The number of fused-ring (bicyclic) bond motifs is 1. The molecule has 0 spiro atoms. The van der Waals surface area contributed by atoms with Crippen LogP contribution in [0.25, 0.3) is 0 Å². The lowest BCUT2D eigenvalue weighted by atomic mass is 9.91. The Balaban J connectivity index is 2.26. The molecule has 1 heterocycles. The van der Waals surface area contributed by atoms with E-state index in [4.69, 9.17) is 4.98 Å². The summed E-state index contributed by atoms with van der Waals surface area (Å²) in [7, 11) is 0. The van der Waals surface area contributed by atoms with Gasteiger partial charge in [-0.1, -0.05) is 20.8 Å². The van der Waals surface area contributed by atoms with Gasteiger partial charge in [-0.05, 0) is 38.6 Å². The van der Waals surface area contributed by atoms with E-state index in [-0.39, 0.29) is 0 Å². The second-order valence-electron chi connectivity index (χ2n) is 5.15. The van der Waals surface area contributed by atoms with Gasteiger partial charge in [-0.3, -0.25) is 0 Å². The van der Waals surface area contributed by atoms with Crippen LogP contribution < -0.4 is 5.32 Å². The monoisotopic (exact) mass is 247 g/mol. The van der Waals surface area contributed by atoms with E-state index in [1.807, 2.05) is 0 Å². The Morgan fingerprint density at radius 2 is 2.11 bits per heavy atom. The van der Waals surface area contributed by atoms with Crippen LogP contribution in [0.1, 0.15) is 75.5 Å². The van der Waals surface area contributed by atoms with Gasteiger partial charge >= 0.3 is 0 Å². The fourth-order valence-electron chi connectivity index (χ4n) is 2.87. The number of aryl methyl sites for hydroxylation is 1. The minimum absolute atomic E-state index is 0.467. The highest BCUT2D eigenvalue weighted by Gasteiger charge is 2.22. The molecule has 1 aliphatic carbocycles.